The first kappa shape index (κ1) is 23.0. The zero-order valence-corrected chi connectivity index (χ0v) is 16.0. The monoisotopic (exact) mass is 448 g/mol. The molecule has 2 aromatic carbocycles. The topological polar surface area (TPSA) is 134 Å². The van der Waals surface area contributed by atoms with Gasteiger partial charge in [0.05, 0.1) is 12.0 Å². The Bertz CT molecular complexity index is 1040. The lowest BCUT2D eigenvalue weighted by molar-refractivity contribution is -0.274. The van der Waals surface area contributed by atoms with Crippen LogP contribution in [0.5, 0.6) is 11.5 Å². The Kier molecular flexibility index (Phi) is 6.89. The van der Waals surface area contributed by atoms with Crippen LogP contribution in [-0.2, 0) is 19.6 Å². The third-order valence-electron chi connectivity index (χ3n) is 3.43. The van der Waals surface area contributed by atoms with E-state index in [-0.39, 0.29) is 21.9 Å². The molecule has 0 aliphatic carbocycles. The Morgan fingerprint density at radius 2 is 1.73 bits per heavy atom. The van der Waals surface area contributed by atoms with Crippen molar-refractivity contribution in [3.63, 3.8) is 0 Å². The third-order valence-corrected chi connectivity index (χ3v) is 4.34. The van der Waals surface area contributed by atoms with E-state index in [2.05, 4.69) is 10.1 Å². The van der Waals surface area contributed by atoms with Crippen LogP contribution in [0.15, 0.2) is 47.4 Å². The highest BCUT2D eigenvalue weighted by atomic mass is 32.2. The lowest BCUT2D eigenvalue weighted by atomic mass is 10.2. The number of hydrogen-bond acceptors (Lipinski definition) is 7. The van der Waals surface area contributed by atoms with Crippen LogP contribution in [-0.4, -0.2) is 40.4 Å². The first-order chi connectivity index (χ1) is 13.9. The molecule has 3 N–H and O–H groups in total. The second-order valence-corrected chi connectivity index (χ2v) is 7.17. The Hall–Kier alpha value is -3.32. The maximum Gasteiger partial charge on any atom is 0.573 e. The maximum absolute atomic E-state index is 12.2. The zero-order valence-electron chi connectivity index (χ0n) is 15.2. The molecule has 0 saturated carbocycles. The molecule has 0 aromatic heterocycles. The van der Waals surface area contributed by atoms with Crippen molar-refractivity contribution in [3.8, 4) is 11.5 Å². The summed E-state index contributed by atoms with van der Waals surface area (Å²) in [5, 5.41) is 7.32. The van der Waals surface area contributed by atoms with Gasteiger partial charge in [0.15, 0.2) is 6.61 Å². The summed E-state index contributed by atoms with van der Waals surface area (Å²) in [6.45, 7) is -0.762. The van der Waals surface area contributed by atoms with E-state index >= 15 is 0 Å². The Morgan fingerprint density at radius 1 is 1.10 bits per heavy atom. The molecule has 0 unspecified atom stereocenters. The number of nitrogens with one attached hydrogen (secondary N) is 1. The number of esters is 1. The smallest absolute Gasteiger partial charge is 0.496 e. The number of alkyl halides is 3. The normalized spacial score (nSPS) is 11.5. The van der Waals surface area contributed by atoms with E-state index in [1.54, 1.807) is 0 Å². The fourth-order valence-electron chi connectivity index (χ4n) is 2.17. The van der Waals surface area contributed by atoms with Crippen LogP contribution in [0, 0.1) is 0 Å². The molecule has 9 nitrogen and oxygen atoms in total. The summed E-state index contributed by atoms with van der Waals surface area (Å²) in [6.07, 6.45) is -4.85. The summed E-state index contributed by atoms with van der Waals surface area (Å²) >= 11 is 0. The maximum atomic E-state index is 12.2. The van der Waals surface area contributed by atoms with Crippen molar-refractivity contribution in [2.24, 2.45) is 5.14 Å². The first-order valence-corrected chi connectivity index (χ1v) is 9.47. The summed E-state index contributed by atoms with van der Waals surface area (Å²) in [5.74, 6) is -2.34. The van der Waals surface area contributed by atoms with Gasteiger partial charge in [-0.2, -0.15) is 0 Å². The molecule has 0 saturated heterocycles. The molecule has 0 radical (unpaired) electrons. The Balaban J connectivity index is 2.00. The van der Waals surface area contributed by atoms with Gasteiger partial charge in [0.1, 0.15) is 17.1 Å². The number of nitrogens with two attached hydrogens (primary N) is 1. The lowest BCUT2D eigenvalue weighted by Crippen LogP contribution is -2.21. The van der Waals surface area contributed by atoms with Gasteiger partial charge < -0.3 is 19.5 Å². The summed E-state index contributed by atoms with van der Waals surface area (Å²) in [7, 11) is -2.86. The number of anilines is 1. The molecule has 2 rings (SSSR count). The number of hydrogen-bond donors (Lipinski definition) is 2. The van der Waals surface area contributed by atoms with Crippen LogP contribution >= 0.6 is 0 Å². The minimum absolute atomic E-state index is 0.00642. The molecule has 0 bridgehead atoms. The molecule has 2 aromatic rings. The number of carbonyl (C=O) groups excluding carboxylic acids is 2. The van der Waals surface area contributed by atoms with Crippen LogP contribution in [0.2, 0.25) is 0 Å². The summed E-state index contributed by atoms with van der Waals surface area (Å²) < 4.78 is 72.7. The molecule has 0 fully saturated rings. The molecule has 0 aliphatic heterocycles. The molecule has 162 valence electrons. The van der Waals surface area contributed by atoms with Crippen LogP contribution in [0.25, 0.3) is 0 Å². The second-order valence-electron chi connectivity index (χ2n) is 5.60. The second kappa shape index (κ2) is 9.00. The summed E-state index contributed by atoms with van der Waals surface area (Å²) in [5.41, 5.74) is -0.148. The predicted octanol–water partition coefficient (Wildman–Crippen LogP) is 2.04. The fourth-order valence-corrected chi connectivity index (χ4v) is 2.71. The van der Waals surface area contributed by atoms with Crippen LogP contribution in [0.4, 0.5) is 18.9 Å². The number of primary sulfonamides is 1. The van der Waals surface area contributed by atoms with Gasteiger partial charge in [-0.15, -0.1) is 13.2 Å². The number of benzene rings is 2. The van der Waals surface area contributed by atoms with Gasteiger partial charge in [0.2, 0.25) is 10.0 Å². The van der Waals surface area contributed by atoms with Gasteiger partial charge in [0.25, 0.3) is 5.91 Å². The van der Waals surface area contributed by atoms with Gasteiger partial charge in [-0.25, -0.2) is 18.4 Å². The van der Waals surface area contributed by atoms with Crippen molar-refractivity contribution in [2.45, 2.75) is 11.3 Å². The Morgan fingerprint density at radius 3 is 2.27 bits per heavy atom. The van der Waals surface area contributed by atoms with Gasteiger partial charge in [-0.3, -0.25) is 4.79 Å². The van der Waals surface area contributed by atoms with Crippen LogP contribution in [0.3, 0.4) is 0 Å². The van der Waals surface area contributed by atoms with Crippen molar-refractivity contribution >= 4 is 27.6 Å². The highest BCUT2D eigenvalue weighted by molar-refractivity contribution is 7.89. The number of halogens is 3. The largest absolute Gasteiger partial charge is 0.573 e. The van der Waals surface area contributed by atoms with Gasteiger partial charge >= 0.3 is 12.3 Å². The standard InChI is InChI=1S/C17H15F3N2O7S/c1-27-14-7-6-12(30(21,25)26)8-13(14)16(24)28-9-15(23)22-10-2-4-11(5-3-10)29-17(18,19)20/h2-8H,9H2,1H3,(H,22,23)(H2,21,25,26). The number of sulfonamides is 1. The minimum atomic E-state index is -4.85. The first-order valence-electron chi connectivity index (χ1n) is 7.92. The highest BCUT2D eigenvalue weighted by Crippen LogP contribution is 2.24. The summed E-state index contributed by atoms with van der Waals surface area (Å²) in [6, 6.07) is 7.54. The molecular weight excluding hydrogens is 433 g/mol. The number of ether oxygens (including phenoxy) is 3. The van der Waals surface area contributed by atoms with E-state index in [0.29, 0.717) is 0 Å². The molecule has 0 aliphatic rings. The van der Waals surface area contributed by atoms with Crippen LogP contribution < -0.4 is 19.9 Å². The van der Waals surface area contributed by atoms with E-state index in [1.165, 1.54) is 13.2 Å². The number of carbonyl (C=O) groups is 2. The van der Waals surface area contributed by atoms with E-state index < -0.39 is 40.6 Å². The Labute approximate surface area is 168 Å². The van der Waals surface area contributed by atoms with E-state index in [0.717, 1.165) is 36.4 Å². The number of rotatable bonds is 7. The minimum Gasteiger partial charge on any atom is -0.496 e. The van der Waals surface area contributed by atoms with Crippen LogP contribution in [0.1, 0.15) is 10.4 Å². The van der Waals surface area contributed by atoms with E-state index in [1.807, 2.05) is 0 Å². The van der Waals surface area contributed by atoms with E-state index in [4.69, 9.17) is 14.6 Å². The molecule has 13 heteroatoms. The molecule has 30 heavy (non-hydrogen) atoms. The highest BCUT2D eigenvalue weighted by Gasteiger charge is 2.31. The average molecular weight is 448 g/mol. The van der Waals surface area contributed by atoms with Crippen molar-refractivity contribution in [1.82, 2.24) is 0 Å². The van der Waals surface area contributed by atoms with Crippen molar-refractivity contribution in [2.75, 3.05) is 19.0 Å². The fraction of sp³-hybridized carbons (Fsp3) is 0.176. The number of amides is 1. The van der Waals surface area contributed by atoms with Crippen molar-refractivity contribution < 1.29 is 45.4 Å². The van der Waals surface area contributed by atoms with Crippen molar-refractivity contribution in [1.29, 1.82) is 0 Å². The van der Waals surface area contributed by atoms with Crippen molar-refractivity contribution in [3.05, 3.63) is 48.0 Å². The quantitative estimate of drug-likeness (QED) is 0.619. The zero-order chi connectivity index (χ0) is 22.5. The van der Waals surface area contributed by atoms with E-state index in [9.17, 15) is 31.2 Å². The SMILES string of the molecule is COc1ccc(S(N)(=O)=O)cc1C(=O)OCC(=O)Nc1ccc(OC(F)(F)F)cc1. The lowest BCUT2D eigenvalue weighted by Gasteiger charge is -2.11. The summed E-state index contributed by atoms with van der Waals surface area (Å²) in [4.78, 5) is 23.7. The predicted molar refractivity (Wildman–Crippen MR) is 96.4 cm³/mol. The molecule has 1 amide bonds. The molecular formula is C17H15F3N2O7S. The molecule has 0 spiro atoms. The molecule has 0 atom stereocenters. The van der Waals surface area contributed by atoms with Gasteiger partial charge in [0, 0.05) is 5.69 Å². The third kappa shape index (κ3) is 6.63. The van der Waals surface area contributed by atoms with Gasteiger partial charge in [-0.05, 0) is 42.5 Å². The number of methoxy groups -OCH3 is 1. The van der Waals surface area contributed by atoms with Gasteiger partial charge in [-0.1, -0.05) is 0 Å². The average Bonchev–Trinajstić information content (AvgIpc) is 2.65. The molecule has 0 heterocycles.